The highest BCUT2D eigenvalue weighted by atomic mass is 32.1. The molecule has 0 spiro atoms. The summed E-state index contributed by atoms with van der Waals surface area (Å²) in [6, 6.07) is 0. The molecule has 86 valence electrons. The zero-order chi connectivity index (χ0) is 11.7. The maximum absolute atomic E-state index is 5.69. The molecule has 0 amide bonds. The van der Waals surface area contributed by atoms with Crippen molar-refractivity contribution in [1.82, 2.24) is 14.2 Å². The minimum atomic E-state index is 0.607. The third-order valence-electron chi connectivity index (χ3n) is 2.74. The number of anilines is 2. The summed E-state index contributed by atoms with van der Waals surface area (Å²) in [5.74, 6) is 0.607. The van der Waals surface area contributed by atoms with E-state index in [0.29, 0.717) is 5.82 Å². The van der Waals surface area contributed by atoms with Gasteiger partial charge in [-0.25, -0.2) is 0 Å². The van der Waals surface area contributed by atoms with Crippen LogP contribution in [0.4, 0.5) is 10.8 Å². The first kappa shape index (κ1) is 10.9. The summed E-state index contributed by atoms with van der Waals surface area (Å²) in [5.41, 5.74) is 9.06. The van der Waals surface area contributed by atoms with Crippen molar-refractivity contribution in [3.8, 4) is 0 Å². The average molecular weight is 237 g/mol. The van der Waals surface area contributed by atoms with Crippen LogP contribution in [0, 0.1) is 13.8 Å². The zero-order valence-corrected chi connectivity index (χ0v) is 10.4. The van der Waals surface area contributed by atoms with Crippen LogP contribution < -0.4 is 11.1 Å². The largest absolute Gasteiger partial charge is 0.383 e. The van der Waals surface area contributed by atoms with Gasteiger partial charge in [0, 0.05) is 30.4 Å². The van der Waals surface area contributed by atoms with E-state index >= 15 is 0 Å². The molecule has 2 aromatic rings. The Kier molecular flexibility index (Phi) is 2.82. The maximum Gasteiger partial charge on any atom is 0.142 e. The molecule has 0 radical (unpaired) electrons. The second-order valence-electron chi connectivity index (χ2n) is 3.75. The van der Waals surface area contributed by atoms with Crippen LogP contribution in [-0.4, -0.2) is 14.2 Å². The standard InChI is InChI=1S/C10H15N5S/c1-6-9(11)14-16-10(6)12-4-8-5-13-15(3)7(8)2/h5,12H,4H2,1-3H3,(H2,11,14). The Labute approximate surface area is 98.4 Å². The molecular formula is C10H15N5S. The number of nitrogen functional groups attached to an aromatic ring is 1. The molecule has 0 fully saturated rings. The lowest BCUT2D eigenvalue weighted by Crippen LogP contribution is -2.01. The van der Waals surface area contributed by atoms with Gasteiger partial charge in [-0.05, 0) is 25.4 Å². The SMILES string of the molecule is Cc1c(N)nsc1NCc1cnn(C)c1C. The predicted molar refractivity (Wildman–Crippen MR) is 66.5 cm³/mol. The molecule has 0 saturated carbocycles. The van der Waals surface area contributed by atoms with E-state index in [-0.39, 0.29) is 0 Å². The lowest BCUT2D eigenvalue weighted by molar-refractivity contribution is 0.738. The fraction of sp³-hybridized carbons (Fsp3) is 0.400. The first-order chi connectivity index (χ1) is 7.59. The van der Waals surface area contributed by atoms with E-state index in [2.05, 4.69) is 21.7 Å². The zero-order valence-electron chi connectivity index (χ0n) is 9.61. The number of hydrogen-bond donors (Lipinski definition) is 2. The second kappa shape index (κ2) is 4.13. The van der Waals surface area contributed by atoms with Crippen molar-refractivity contribution in [2.75, 3.05) is 11.1 Å². The van der Waals surface area contributed by atoms with Crippen molar-refractivity contribution < 1.29 is 0 Å². The number of rotatable bonds is 3. The summed E-state index contributed by atoms with van der Waals surface area (Å²) >= 11 is 1.39. The molecule has 0 aliphatic rings. The summed E-state index contributed by atoms with van der Waals surface area (Å²) in [4.78, 5) is 0. The van der Waals surface area contributed by atoms with Crippen LogP contribution in [-0.2, 0) is 13.6 Å². The summed E-state index contributed by atoms with van der Waals surface area (Å²) in [5, 5.41) is 8.55. The number of nitrogens with one attached hydrogen (secondary N) is 1. The molecule has 6 heteroatoms. The van der Waals surface area contributed by atoms with Gasteiger partial charge in [-0.3, -0.25) is 4.68 Å². The minimum absolute atomic E-state index is 0.607. The van der Waals surface area contributed by atoms with Gasteiger partial charge >= 0.3 is 0 Å². The summed E-state index contributed by atoms with van der Waals surface area (Å²) in [6.45, 7) is 4.78. The number of nitrogens with two attached hydrogens (primary N) is 1. The summed E-state index contributed by atoms with van der Waals surface area (Å²) < 4.78 is 5.96. The van der Waals surface area contributed by atoms with E-state index in [1.54, 1.807) is 0 Å². The molecule has 0 atom stereocenters. The van der Waals surface area contributed by atoms with Crippen LogP contribution in [0.3, 0.4) is 0 Å². The van der Waals surface area contributed by atoms with Gasteiger partial charge < -0.3 is 11.1 Å². The van der Waals surface area contributed by atoms with Crippen LogP contribution in [0.5, 0.6) is 0 Å². The third-order valence-corrected chi connectivity index (χ3v) is 3.66. The van der Waals surface area contributed by atoms with Crippen LogP contribution in [0.15, 0.2) is 6.20 Å². The van der Waals surface area contributed by atoms with Crippen molar-refractivity contribution in [3.05, 3.63) is 23.0 Å². The van der Waals surface area contributed by atoms with E-state index in [1.165, 1.54) is 22.8 Å². The smallest absolute Gasteiger partial charge is 0.142 e. The predicted octanol–water partition coefficient (Wildman–Crippen LogP) is 1.69. The second-order valence-corrected chi connectivity index (χ2v) is 4.53. The fourth-order valence-electron chi connectivity index (χ4n) is 1.41. The van der Waals surface area contributed by atoms with Gasteiger partial charge in [0.2, 0.25) is 0 Å². The highest BCUT2D eigenvalue weighted by Crippen LogP contribution is 2.25. The normalized spacial score (nSPS) is 10.7. The van der Waals surface area contributed by atoms with Gasteiger partial charge in [-0.2, -0.15) is 9.47 Å². The maximum atomic E-state index is 5.69. The van der Waals surface area contributed by atoms with Gasteiger partial charge in [-0.15, -0.1) is 0 Å². The summed E-state index contributed by atoms with van der Waals surface area (Å²) in [7, 11) is 1.94. The molecule has 0 aliphatic carbocycles. The monoisotopic (exact) mass is 237 g/mol. The molecule has 5 nitrogen and oxygen atoms in total. The molecule has 3 N–H and O–H groups in total. The quantitative estimate of drug-likeness (QED) is 0.852. The average Bonchev–Trinajstić information content (AvgIpc) is 2.74. The van der Waals surface area contributed by atoms with Crippen molar-refractivity contribution in [1.29, 1.82) is 0 Å². The molecule has 2 aromatic heterocycles. The molecule has 16 heavy (non-hydrogen) atoms. The van der Waals surface area contributed by atoms with Gasteiger partial charge in [0.1, 0.15) is 10.8 Å². The third kappa shape index (κ3) is 1.88. The Bertz CT molecular complexity index is 453. The van der Waals surface area contributed by atoms with E-state index in [9.17, 15) is 0 Å². The lowest BCUT2D eigenvalue weighted by atomic mass is 10.2. The Hall–Kier alpha value is -1.56. The van der Waals surface area contributed by atoms with E-state index in [1.807, 2.05) is 24.9 Å². The highest BCUT2D eigenvalue weighted by molar-refractivity contribution is 7.10. The molecule has 0 aliphatic heterocycles. The summed E-state index contributed by atoms with van der Waals surface area (Å²) in [6.07, 6.45) is 1.88. The first-order valence-corrected chi connectivity index (χ1v) is 5.80. The van der Waals surface area contributed by atoms with Gasteiger partial charge in [0.05, 0.1) is 6.20 Å². The van der Waals surface area contributed by atoms with Crippen molar-refractivity contribution in [2.24, 2.45) is 7.05 Å². The van der Waals surface area contributed by atoms with Crippen LogP contribution in [0.1, 0.15) is 16.8 Å². The molecule has 2 rings (SSSR count). The highest BCUT2D eigenvalue weighted by Gasteiger charge is 2.08. The van der Waals surface area contributed by atoms with Gasteiger partial charge in [0.15, 0.2) is 0 Å². The Morgan fingerprint density at radius 1 is 1.50 bits per heavy atom. The van der Waals surface area contributed by atoms with E-state index < -0.39 is 0 Å². The van der Waals surface area contributed by atoms with Crippen molar-refractivity contribution in [2.45, 2.75) is 20.4 Å². The van der Waals surface area contributed by atoms with Crippen LogP contribution in [0.2, 0.25) is 0 Å². The van der Waals surface area contributed by atoms with Crippen molar-refractivity contribution >= 4 is 22.4 Å². The van der Waals surface area contributed by atoms with Crippen LogP contribution in [0.25, 0.3) is 0 Å². The van der Waals surface area contributed by atoms with E-state index in [0.717, 1.165) is 17.1 Å². The van der Waals surface area contributed by atoms with Gasteiger partial charge in [-0.1, -0.05) is 0 Å². The Morgan fingerprint density at radius 3 is 2.75 bits per heavy atom. The molecule has 0 saturated heterocycles. The lowest BCUT2D eigenvalue weighted by Gasteiger charge is -2.04. The van der Waals surface area contributed by atoms with Crippen molar-refractivity contribution in [3.63, 3.8) is 0 Å². The molecular weight excluding hydrogens is 222 g/mol. The molecule has 2 heterocycles. The Balaban J connectivity index is 2.08. The number of aromatic nitrogens is 3. The topological polar surface area (TPSA) is 68.8 Å². The molecule has 0 unspecified atom stereocenters. The molecule has 0 bridgehead atoms. The number of aryl methyl sites for hydroxylation is 1. The van der Waals surface area contributed by atoms with Crippen LogP contribution >= 0.6 is 11.5 Å². The molecule has 0 aromatic carbocycles. The van der Waals surface area contributed by atoms with Gasteiger partial charge in [0.25, 0.3) is 0 Å². The first-order valence-electron chi connectivity index (χ1n) is 5.02. The Morgan fingerprint density at radius 2 is 2.25 bits per heavy atom. The number of nitrogens with zero attached hydrogens (tertiary/aromatic N) is 3. The van der Waals surface area contributed by atoms with E-state index in [4.69, 9.17) is 5.73 Å². The fourth-order valence-corrected chi connectivity index (χ4v) is 2.11. The number of hydrogen-bond acceptors (Lipinski definition) is 5. The minimum Gasteiger partial charge on any atom is -0.383 e.